The SMILES string of the molecule is CC(c1ccco1)N(C(=O)Cn1cc(C(=O)O)nn1)C1CC1. The van der Waals surface area contributed by atoms with E-state index in [4.69, 9.17) is 9.52 Å². The van der Waals surface area contributed by atoms with Crippen LogP contribution in [0.4, 0.5) is 0 Å². The smallest absolute Gasteiger partial charge is 0.358 e. The topological polar surface area (TPSA) is 101 Å². The molecule has 0 saturated heterocycles. The fourth-order valence-corrected chi connectivity index (χ4v) is 2.45. The molecule has 0 radical (unpaired) electrons. The Kier molecular flexibility index (Phi) is 3.66. The van der Waals surface area contributed by atoms with Crippen LogP contribution in [-0.4, -0.2) is 42.9 Å². The van der Waals surface area contributed by atoms with Gasteiger partial charge in [-0.2, -0.15) is 0 Å². The highest BCUT2D eigenvalue weighted by molar-refractivity contribution is 5.84. The van der Waals surface area contributed by atoms with E-state index in [0.717, 1.165) is 18.6 Å². The number of aromatic carboxylic acids is 1. The zero-order valence-electron chi connectivity index (χ0n) is 12.0. The molecule has 0 spiro atoms. The molecule has 1 atom stereocenters. The molecule has 116 valence electrons. The first-order valence-electron chi connectivity index (χ1n) is 7.04. The van der Waals surface area contributed by atoms with Gasteiger partial charge in [-0.3, -0.25) is 4.79 Å². The summed E-state index contributed by atoms with van der Waals surface area (Å²) in [6, 6.07) is 3.66. The summed E-state index contributed by atoms with van der Waals surface area (Å²) in [5, 5.41) is 16.0. The van der Waals surface area contributed by atoms with Crippen LogP contribution in [0.2, 0.25) is 0 Å². The fourth-order valence-electron chi connectivity index (χ4n) is 2.45. The third kappa shape index (κ3) is 2.85. The minimum atomic E-state index is -1.17. The van der Waals surface area contributed by atoms with Crippen molar-refractivity contribution < 1.29 is 19.1 Å². The van der Waals surface area contributed by atoms with Gasteiger partial charge in [0.1, 0.15) is 12.3 Å². The highest BCUT2D eigenvalue weighted by Gasteiger charge is 2.37. The number of carboxylic acid groups (broad SMARTS) is 1. The van der Waals surface area contributed by atoms with Crippen LogP contribution in [0.15, 0.2) is 29.0 Å². The third-order valence-electron chi connectivity index (χ3n) is 3.66. The number of carboxylic acids is 1. The fraction of sp³-hybridized carbons (Fsp3) is 0.429. The van der Waals surface area contributed by atoms with Crippen molar-refractivity contribution in [1.82, 2.24) is 19.9 Å². The molecular formula is C14H16N4O4. The molecule has 2 aromatic heterocycles. The lowest BCUT2D eigenvalue weighted by Gasteiger charge is -2.28. The number of nitrogens with zero attached hydrogens (tertiary/aromatic N) is 4. The second kappa shape index (κ2) is 5.63. The molecule has 2 aromatic rings. The zero-order chi connectivity index (χ0) is 15.7. The molecule has 0 aromatic carbocycles. The summed E-state index contributed by atoms with van der Waals surface area (Å²) in [6.45, 7) is 1.88. The molecule has 3 rings (SSSR count). The molecule has 1 fully saturated rings. The van der Waals surface area contributed by atoms with Gasteiger partial charge in [0.05, 0.1) is 18.5 Å². The predicted molar refractivity (Wildman–Crippen MR) is 74.0 cm³/mol. The lowest BCUT2D eigenvalue weighted by atomic mass is 10.2. The molecule has 1 amide bonds. The van der Waals surface area contributed by atoms with Gasteiger partial charge in [0.15, 0.2) is 5.69 Å². The van der Waals surface area contributed by atoms with E-state index in [9.17, 15) is 9.59 Å². The number of amides is 1. The van der Waals surface area contributed by atoms with E-state index in [-0.39, 0.29) is 30.2 Å². The lowest BCUT2D eigenvalue weighted by Crippen LogP contribution is -2.37. The molecule has 0 aliphatic heterocycles. The Balaban J connectivity index is 1.74. The number of hydrogen-bond acceptors (Lipinski definition) is 5. The standard InChI is InChI=1S/C14H16N4O4/c1-9(12-3-2-6-22-12)18(10-4-5-10)13(19)8-17-7-11(14(20)21)15-16-17/h2-3,6-7,9-10H,4-5,8H2,1H3,(H,20,21). The Hall–Kier alpha value is -2.64. The number of carbonyl (C=O) groups excluding carboxylic acids is 1. The number of hydrogen-bond donors (Lipinski definition) is 1. The van der Waals surface area contributed by atoms with E-state index in [1.807, 2.05) is 13.0 Å². The highest BCUT2D eigenvalue weighted by atomic mass is 16.4. The average molecular weight is 304 g/mol. The van der Waals surface area contributed by atoms with E-state index >= 15 is 0 Å². The second-order valence-corrected chi connectivity index (χ2v) is 5.33. The van der Waals surface area contributed by atoms with Gasteiger partial charge in [-0.15, -0.1) is 5.10 Å². The van der Waals surface area contributed by atoms with Crippen molar-refractivity contribution in [3.63, 3.8) is 0 Å². The molecule has 8 nitrogen and oxygen atoms in total. The lowest BCUT2D eigenvalue weighted by molar-refractivity contribution is -0.135. The van der Waals surface area contributed by atoms with Gasteiger partial charge >= 0.3 is 5.97 Å². The molecule has 8 heteroatoms. The highest BCUT2D eigenvalue weighted by Crippen LogP contribution is 2.34. The molecule has 0 bridgehead atoms. The van der Waals surface area contributed by atoms with Crippen LogP contribution in [0, 0.1) is 0 Å². The molecule has 1 unspecified atom stereocenters. The molecule has 1 aliphatic carbocycles. The first kappa shape index (κ1) is 14.3. The zero-order valence-corrected chi connectivity index (χ0v) is 12.0. The molecule has 22 heavy (non-hydrogen) atoms. The minimum absolute atomic E-state index is 0.0399. The van der Waals surface area contributed by atoms with Gasteiger partial charge in [0.25, 0.3) is 0 Å². The monoisotopic (exact) mass is 304 g/mol. The first-order chi connectivity index (χ1) is 10.6. The second-order valence-electron chi connectivity index (χ2n) is 5.33. The van der Waals surface area contributed by atoms with Crippen molar-refractivity contribution in [1.29, 1.82) is 0 Å². The number of rotatable bonds is 6. The summed E-state index contributed by atoms with van der Waals surface area (Å²) in [5.74, 6) is -0.569. The van der Waals surface area contributed by atoms with Gasteiger partial charge in [-0.25, -0.2) is 9.48 Å². The Bertz CT molecular complexity index is 675. The Morgan fingerprint density at radius 2 is 2.32 bits per heavy atom. The number of carbonyl (C=O) groups is 2. The summed E-state index contributed by atoms with van der Waals surface area (Å²) in [7, 11) is 0. The van der Waals surface area contributed by atoms with E-state index in [2.05, 4.69) is 10.3 Å². The van der Waals surface area contributed by atoms with E-state index in [0.29, 0.717) is 0 Å². The van der Waals surface area contributed by atoms with E-state index < -0.39 is 5.97 Å². The first-order valence-corrected chi connectivity index (χ1v) is 7.04. The number of furan rings is 1. The molecule has 2 heterocycles. The molecule has 1 saturated carbocycles. The van der Waals surface area contributed by atoms with Gasteiger partial charge in [-0.05, 0) is 31.9 Å². The van der Waals surface area contributed by atoms with E-state index in [1.165, 1.54) is 10.9 Å². The maximum absolute atomic E-state index is 12.6. The van der Waals surface area contributed by atoms with Crippen LogP contribution in [0.25, 0.3) is 0 Å². The summed E-state index contributed by atoms with van der Waals surface area (Å²) in [6.07, 6.45) is 4.77. The average Bonchev–Trinajstić information content (AvgIpc) is 2.99. The Labute approximate surface area is 126 Å². The van der Waals surface area contributed by atoms with Gasteiger partial charge < -0.3 is 14.4 Å². The van der Waals surface area contributed by atoms with Gasteiger partial charge in [0.2, 0.25) is 5.91 Å². The summed E-state index contributed by atoms with van der Waals surface area (Å²) in [4.78, 5) is 25.1. The van der Waals surface area contributed by atoms with Crippen LogP contribution < -0.4 is 0 Å². The quantitative estimate of drug-likeness (QED) is 0.863. The van der Waals surface area contributed by atoms with Crippen molar-refractivity contribution in [3.05, 3.63) is 36.0 Å². The molecule has 1 aliphatic rings. The largest absolute Gasteiger partial charge is 0.476 e. The Morgan fingerprint density at radius 3 is 2.86 bits per heavy atom. The van der Waals surface area contributed by atoms with Gasteiger partial charge in [0, 0.05) is 6.04 Å². The maximum Gasteiger partial charge on any atom is 0.358 e. The van der Waals surface area contributed by atoms with Gasteiger partial charge in [-0.1, -0.05) is 5.21 Å². The summed E-state index contributed by atoms with van der Waals surface area (Å²) in [5.41, 5.74) is -0.176. The predicted octanol–water partition coefficient (Wildman–Crippen LogP) is 1.32. The van der Waals surface area contributed by atoms with Crippen LogP contribution in [0.1, 0.15) is 42.1 Å². The minimum Gasteiger partial charge on any atom is -0.476 e. The van der Waals surface area contributed by atoms with Crippen molar-refractivity contribution in [2.24, 2.45) is 0 Å². The third-order valence-corrected chi connectivity index (χ3v) is 3.66. The van der Waals surface area contributed by atoms with Crippen LogP contribution in [0.5, 0.6) is 0 Å². The van der Waals surface area contributed by atoms with E-state index in [1.54, 1.807) is 17.2 Å². The van der Waals surface area contributed by atoms with Crippen LogP contribution in [-0.2, 0) is 11.3 Å². The Morgan fingerprint density at radius 1 is 1.55 bits per heavy atom. The van der Waals surface area contributed by atoms with Crippen LogP contribution in [0.3, 0.4) is 0 Å². The molecule has 1 N–H and O–H groups in total. The van der Waals surface area contributed by atoms with Crippen molar-refractivity contribution >= 4 is 11.9 Å². The number of aromatic nitrogens is 3. The van der Waals surface area contributed by atoms with Crippen molar-refractivity contribution in [3.8, 4) is 0 Å². The van der Waals surface area contributed by atoms with Crippen LogP contribution >= 0.6 is 0 Å². The van der Waals surface area contributed by atoms with Crippen molar-refractivity contribution in [2.45, 2.75) is 38.4 Å². The summed E-state index contributed by atoms with van der Waals surface area (Å²) >= 11 is 0. The summed E-state index contributed by atoms with van der Waals surface area (Å²) < 4.78 is 6.63. The maximum atomic E-state index is 12.6. The van der Waals surface area contributed by atoms with Crippen molar-refractivity contribution in [2.75, 3.05) is 0 Å². The molecular weight excluding hydrogens is 288 g/mol. The normalized spacial score (nSPS) is 15.5.